The van der Waals surface area contributed by atoms with Gasteiger partial charge in [-0.05, 0) is 22.9 Å². The Kier molecular flexibility index (Phi) is 5.14. The summed E-state index contributed by atoms with van der Waals surface area (Å²) in [7, 11) is 1.28. The number of carbonyl (C=O) groups excluding carboxylic acids is 2. The lowest BCUT2D eigenvalue weighted by Crippen LogP contribution is -2.30. The molecule has 1 aromatic heterocycles. The van der Waals surface area contributed by atoms with Crippen LogP contribution in [0.25, 0.3) is 0 Å². The maximum absolute atomic E-state index is 11.4. The molecule has 0 saturated heterocycles. The summed E-state index contributed by atoms with van der Waals surface area (Å²) in [5.41, 5.74) is 0.875. The molecule has 0 bridgehead atoms. The average molecular weight is 304 g/mol. The van der Waals surface area contributed by atoms with Crippen LogP contribution in [0.3, 0.4) is 0 Å². The van der Waals surface area contributed by atoms with E-state index in [2.05, 4.69) is 31.1 Å². The van der Waals surface area contributed by atoms with Crippen molar-refractivity contribution in [3.63, 3.8) is 0 Å². The van der Waals surface area contributed by atoms with E-state index in [0.717, 1.165) is 10.2 Å². The summed E-state index contributed by atoms with van der Waals surface area (Å²) in [6, 6.07) is 0. The lowest BCUT2D eigenvalue weighted by molar-refractivity contribution is -0.141. The van der Waals surface area contributed by atoms with Gasteiger partial charge in [0.25, 0.3) is 0 Å². The first kappa shape index (κ1) is 13.7. The van der Waals surface area contributed by atoms with Crippen LogP contribution in [0.15, 0.2) is 10.7 Å². The fourth-order valence-electron chi connectivity index (χ4n) is 1.16. The molecule has 0 aliphatic carbocycles. The fraction of sp³-hybridized carbons (Fsp3) is 0.500. The van der Waals surface area contributed by atoms with E-state index >= 15 is 0 Å². The first-order valence-corrected chi connectivity index (χ1v) is 5.85. The highest BCUT2D eigenvalue weighted by Gasteiger charge is 2.07. The third-order valence-corrected chi connectivity index (χ3v) is 2.89. The second-order valence-corrected chi connectivity index (χ2v) is 4.28. The number of aromatic nitrogens is 2. The molecule has 1 amide bonds. The molecule has 1 heterocycles. The standard InChI is InChI=1S/C10H14BrN3O3/c1-7-8(11)6-14(13-7)4-3-9(15)12-5-10(16)17-2/h6H,3-5H2,1-2H3,(H,12,15). The largest absolute Gasteiger partial charge is 0.468 e. The topological polar surface area (TPSA) is 73.2 Å². The minimum Gasteiger partial charge on any atom is -0.468 e. The second kappa shape index (κ2) is 6.39. The van der Waals surface area contributed by atoms with E-state index in [9.17, 15) is 9.59 Å². The van der Waals surface area contributed by atoms with Crippen molar-refractivity contribution >= 4 is 27.8 Å². The van der Waals surface area contributed by atoms with Gasteiger partial charge in [-0.15, -0.1) is 0 Å². The monoisotopic (exact) mass is 303 g/mol. The first-order chi connectivity index (χ1) is 8.02. The highest BCUT2D eigenvalue weighted by Crippen LogP contribution is 2.13. The number of nitrogens with one attached hydrogen (secondary N) is 1. The van der Waals surface area contributed by atoms with Gasteiger partial charge in [0.15, 0.2) is 0 Å². The Morgan fingerprint density at radius 1 is 1.59 bits per heavy atom. The molecule has 0 aliphatic rings. The van der Waals surface area contributed by atoms with Crippen molar-refractivity contribution in [1.29, 1.82) is 0 Å². The Labute approximate surface area is 107 Å². The minimum atomic E-state index is -0.462. The van der Waals surface area contributed by atoms with E-state index < -0.39 is 5.97 Å². The van der Waals surface area contributed by atoms with Crippen LogP contribution in [0.2, 0.25) is 0 Å². The number of amides is 1. The summed E-state index contributed by atoms with van der Waals surface area (Å²) >= 11 is 3.34. The number of hydrogen-bond acceptors (Lipinski definition) is 4. The number of rotatable bonds is 5. The van der Waals surface area contributed by atoms with Gasteiger partial charge in [0.2, 0.25) is 5.91 Å². The van der Waals surface area contributed by atoms with Crippen molar-refractivity contribution in [3.05, 3.63) is 16.4 Å². The van der Waals surface area contributed by atoms with E-state index in [4.69, 9.17) is 0 Å². The number of ether oxygens (including phenoxy) is 1. The van der Waals surface area contributed by atoms with Crippen LogP contribution in [-0.4, -0.2) is 35.3 Å². The van der Waals surface area contributed by atoms with Crippen LogP contribution in [0.5, 0.6) is 0 Å². The van der Waals surface area contributed by atoms with Crippen LogP contribution in [-0.2, 0) is 20.9 Å². The molecule has 0 fully saturated rings. The third kappa shape index (κ3) is 4.56. The Bertz CT molecular complexity index is 397. The summed E-state index contributed by atoms with van der Waals surface area (Å²) in [4.78, 5) is 22.1. The molecule has 1 N–H and O–H groups in total. The Balaban J connectivity index is 2.31. The van der Waals surface area contributed by atoms with Gasteiger partial charge in [-0.2, -0.15) is 5.10 Å². The molecule has 94 valence electrons. The molecule has 17 heavy (non-hydrogen) atoms. The molecule has 1 aromatic rings. The molecule has 0 radical (unpaired) electrons. The second-order valence-electron chi connectivity index (χ2n) is 3.43. The number of halogens is 1. The zero-order valence-electron chi connectivity index (χ0n) is 9.70. The number of methoxy groups -OCH3 is 1. The predicted octanol–water partition coefficient (Wildman–Crippen LogP) is 0.633. The first-order valence-electron chi connectivity index (χ1n) is 5.06. The van der Waals surface area contributed by atoms with E-state index in [1.165, 1.54) is 7.11 Å². The van der Waals surface area contributed by atoms with Crippen LogP contribution < -0.4 is 5.32 Å². The predicted molar refractivity (Wildman–Crippen MR) is 64.3 cm³/mol. The fourth-order valence-corrected chi connectivity index (χ4v) is 1.47. The van der Waals surface area contributed by atoms with Crippen molar-refractivity contribution < 1.29 is 14.3 Å². The molecular weight excluding hydrogens is 290 g/mol. The molecule has 6 nitrogen and oxygen atoms in total. The number of esters is 1. The Hall–Kier alpha value is -1.37. The summed E-state index contributed by atoms with van der Waals surface area (Å²) in [5.74, 6) is -0.671. The molecule has 7 heteroatoms. The lowest BCUT2D eigenvalue weighted by atomic mass is 10.4. The summed E-state index contributed by atoms with van der Waals surface area (Å²) in [6.07, 6.45) is 2.08. The van der Waals surface area contributed by atoms with Gasteiger partial charge in [0, 0.05) is 19.2 Å². The quantitative estimate of drug-likeness (QED) is 0.810. The number of carbonyl (C=O) groups is 2. The third-order valence-electron chi connectivity index (χ3n) is 2.11. The molecular formula is C10H14BrN3O3. The highest BCUT2D eigenvalue weighted by atomic mass is 79.9. The number of nitrogens with zero attached hydrogens (tertiary/aromatic N) is 2. The zero-order chi connectivity index (χ0) is 12.8. The van der Waals surface area contributed by atoms with Gasteiger partial charge in [-0.3, -0.25) is 14.3 Å². The molecule has 0 unspecified atom stereocenters. The van der Waals surface area contributed by atoms with Crippen LogP contribution >= 0.6 is 15.9 Å². The minimum absolute atomic E-state index is 0.100. The van der Waals surface area contributed by atoms with Gasteiger partial charge in [0.05, 0.1) is 17.3 Å². The van der Waals surface area contributed by atoms with Crippen molar-refractivity contribution in [2.75, 3.05) is 13.7 Å². The van der Waals surface area contributed by atoms with E-state index in [1.807, 2.05) is 13.1 Å². The van der Waals surface area contributed by atoms with Crippen molar-refractivity contribution in [2.24, 2.45) is 0 Å². The van der Waals surface area contributed by atoms with E-state index in [-0.39, 0.29) is 18.9 Å². The van der Waals surface area contributed by atoms with Crippen LogP contribution in [0.1, 0.15) is 12.1 Å². The molecule has 0 aromatic carbocycles. The maximum Gasteiger partial charge on any atom is 0.325 e. The summed E-state index contributed by atoms with van der Waals surface area (Å²) < 4.78 is 6.99. The van der Waals surface area contributed by atoms with Crippen LogP contribution in [0, 0.1) is 6.92 Å². The van der Waals surface area contributed by atoms with Gasteiger partial charge < -0.3 is 10.1 Å². The van der Waals surface area contributed by atoms with Crippen molar-refractivity contribution in [1.82, 2.24) is 15.1 Å². The van der Waals surface area contributed by atoms with E-state index in [1.54, 1.807) is 4.68 Å². The summed E-state index contributed by atoms with van der Waals surface area (Å²) in [5, 5.41) is 6.65. The zero-order valence-corrected chi connectivity index (χ0v) is 11.3. The molecule has 0 atom stereocenters. The maximum atomic E-state index is 11.4. The van der Waals surface area contributed by atoms with Gasteiger partial charge in [0.1, 0.15) is 6.54 Å². The molecule has 0 saturated carbocycles. The molecule has 0 aliphatic heterocycles. The average Bonchev–Trinajstić information content (AvgIpc) is 2.63. The Morgan fingerprint density at radius 2 is 2.29 bits per heavy atom. The number of aryl methyl sites for hydroxylation is 2. The van der Waals surface area contributed by atoms with Crippen molar-refractivity contribution in [2.45, 2.75) is 19.9 Å². The van der Waals surface area contributed by atoms with Gasteiger partial charge in [-0.1, -0.05) is 0 Å². The van der Waals surface area contributed by atoms with E-state index in [0.29, 0.717) is 6.54 Å². The van der Waals surface area contributed by atoms with Crippen LogP contribution in [0.4, 0.5) is 0 Å². The normalized spacial score (nSPS) is 10.1. The van der Waals surface area contributed by atoms with Crippen molar-refractivity contribution in [3.8, 4) is 0 Å². The smallest absolute Gasteiger partial charge is 0.325 e. The SMILES string of the molecule is COC(=O)CNC(=O)CCn1cc(Br)c(C)n1. The highest BCUT2D eigenvalue weighted by molar-refractivity contribution is 9.10. The van der Waals surface area contributed by atoms with Gasteiger partial charge in [-0.25, -0.2) is 0 Å². The Morgan fingerprint density at radius 3 is 2.82 bits per heavy atom. The molecule has 0 spiro atoms. The number of hydrogen-bond donors (Lipinski definition) is 1. The summed E-state index contributed by atoms with van der Waals surface area (Å²) in [6.45, 7) is 2.24. The molecule has 1 rings (SSSR count). The lowest BCUT2D eigenvalue weighted by Gasteiger charge is -2.03. The van der Waals surface area contributed by atoms with Gasteiger partial charge >= 0.3 is 5.97 Å².